The third kappa shape index (κ3) is 3.35. The van der Waals surface area contributed by atoms with E-state index in [2.05, 4.69) is 21.0 Å². The van der Waals surface area contributed by atoms with Gasteiger partial charge in [-0.05, 0) is 25.1 Å². The van der Waals surface area contributed by atoms with Crippen LogP contribution in [0.15, 0.2) is 46.0 Å². The zero-order chi connectivity index (χ0) is 17.1. The number of esters is 1. The van der Waals surface area contributed by atoms with Gasteiger partial charge in [0.05, 0.1) is 12.9 Å². The van der Waals surface area contributed by atoms with Gasteiger partial charge in [0.25, 0.3) is 0 Å². The van der Waals surface area contributed by atoms with E-state index in [0.29, 0.717) is 11.5 Å². The Hall–Kier alpha value is -2.54. The van der Waals surface area contributed by atoms with Gasteiger partial charge in [0.15, 0.2) is 11.0 Å². The second kappa shape index (κ2) is 6.92. The Morgan fingerprint density at radius 3 is 2.88 bits per heavy atom. The molecule has 3 rings (SSSR count). The number of rotatable bonds is 5. The van der Waals surface area contributed by atoms with Gasteiger partial charge in [-0.25, -0.2) is 4.79 Å². The highest BCUT2D eigenvalue weighted by Gasteiger charge is 2.14. The van der Waals surface area contributed by atoms with Gasteiger partial charge in [0, 0.05) is 12.6 Å². The molecule has 2 heterocycles. The first-order valence-corrected chi connectivity index (χ1v) is 8.33. The molecule has 0 aliphatic rings. The number of carbonyl (C=O) groups excluding carboxylic acids is 1. The van der Waals surface area contributed by atoms with E-state index in [0.717, 1.165) is 16.5 Å². The van der Waals surface area contributed by atoms with Crippen LogP contribution in [-0.2, 0) is 17.5 Å². The van der Waals surface area contributed by atoms with Crippen LogP contribution in [0.2, 0.25) is 0 Å². The quantitative estimate of drug-likeness (QED) is 0.522. The van der Waals surface area contributed by atoms with Gasteiger partial charge in [-0.3, -0.25) is 0 Å². The Morgan fingerprint density at radius 2 is 2.12 bits per heavy atom. The lowest BCUT2D eigenvalue weighted by Gasteiger charge is -2.04. The van der Waals surface area contributed by atoms with Crippen molar-refractivity contribution in [2.24, 2.45) is 7.05 Å². The Bertz CT molecular complexity index is 870. The molecule has 0 fully saturated rings. The van der Waals surface area contributed by atoms with Gasteiger partial charge in [0.2, 0.25) is 5.76 Å². The summed E-state index contributed by atoms with van der Waals surface area (Å²) in [6.07, 6.45) is 0. The van der Waals surface area contributed by atoms with Crippen LogP contribution in [0.3, 0.4) is 0 Å². The van der Waals surface area contributed by atoms with Crippen molar-refractivity contribution < 1.29 is 13.9 Å². The number of benzene rings is 1. The van der Waals surface area contributed by atoms with Crippen molar-refractivity contribution in [2.45, 2.75) is 17.8 Å². The van der Waals surface area contributed by atoms with Gasteiger partial charge in [-0.1, -0.05) is 35.5 Å². The standard InChI is InChI=1S/C17H17N3O3S/c1-11-5-4-6-12(9-11)15-18-19-17(20(15)2)24-10-13-7-8-14(23-13)16(21)22-3/h4-9H,10H2,1-3H3. The zero-order valence-corrected chi connectivity index (χ0v) is 14.5. The van der Waals surface area contributed by atoms with Gasteiger partial charge < -0.3 is 13.7 Å². The first-order chi connectivity index (χ1) is 11.6. The number of carbonyl (C=O) groups is 1. The lowest BCUT2D eigenvalue weighted by Crippen LogP contribution is -1.98. The molecule has 1 aromatic carbocycles. The number of aryl methyl sites for hydroxylation is 1. The first kappa shape index (κ1) is 16.3. The van der Waals surface area contributed by atoms with Gasteiger partial charge in [0.1, 0.15) is 5.76 Å². The third-order valence-electron chi connectivity index (χ3n) is 3.50. The predicted molar refractivity (Wildman–Crippen MR) is 90.8 cm³/mol. The summed E-state index contributed by atoms with van der Waals surface area (Å²) in [6.45, 7) is 2.05. The van der Waals surface area contributed by atoms with Crippen LogP contribution >= 0.6 is 11.8 Å². The smallest absolute Gasteiger partial charge is 0.373 e. The Kier molecular flexibility index (Phi) is 4.71. The maximum Gasteiger partial charge on any atom is 0.373 e. The molecular weight excluding hydrogens is 326 g/mol. The summed E-state index contributed by atoms with van der Waals surface area (Å²) in [5.41, 5.74) is 2.21. The fourth-order valence-corrected chi connectivity index (χ4v) is 3.08. The average molecular weight is 343 g/mol. The molecule has 0 saturated heterocycles. The highest BCUT2D eigenvalue weighted by Crippen LogP contribution is 2.26. The molecule has 0 bridgehead atoms. The lowest BCUT2D eigenvalue weighted by molar-refractivity contribution is 0.0563. The molecule has 0 atom stereocenters. The average Bonchev–Trinajstić information content (AvgIpc) is 3.19. The van der Waals surface area contributed by atoms with Crippen LogP contribution < -0.4 is 0 Å². The summed E-state index contributed by atoms with van der Waals surface area (Å²) in [5, 5.41) is 9.29. The molecule has 6 nitrogen and oxygen atoms in total. The van der Waals surface area contributed by atoms with Crippen LogP contribution in [0.1, 0.15) is 21.9 Å². The maximum absolute atomic E-state index is 11.4. The van der Waals surface area contributed by atoms with Crippen LogP contribution in [-0.4, -0.2) is 27.8 Å². The zero-order valence-electron chi connectivity index (χ0n) is 13.6. The molecule has 0 spiro atoms. The largest absolute Gasteiger partial charge is 0.463 e. The van der Waals surface area contributed by atoms with Crippen molar-refractivity contribution in [2.75, 3.05) is 7.11 Å². The van der Waals surface area contributed by atoms with E-state index in [1.807, 2.05) is 36.7 Å². The number of furan rings is 1. The Morgan fingerprint density at radius 1 is 1.29 bits per heavy atom. The molecule has 3 aromatic rings. The van der Waals surface area contributed by atoms with E-state index >= 15 is 0 Å². The molecule has 0 unspecified atom stereocenters. The number of hydrogen-bond acceptors (Lipinski definition) is 6. The summed E-state index contributed by atoms with van der Waals surface area (Å²) in [7, 11) is 3.26. The van der Waals surface area contributed by atoms with Crippen molar-refractivity contribution in [3.8, 4) is 11.4 Å². The highest BCUT2D eigenvalue weighted by molar-refractivity contribution is 7.98. The normalized spacial score (nSPS) is 10.8. The molecule has 24 heavy (non-hydrogen) atoms. The lowest BCUT2D eigenvalue weighted by atomic mass is 10.1. The van der Waals surface area contributed by atoms with Gasteiger partial charge in [-0.15, -0.1) is 10.2 Å². The molecule has 0 radical (unpaired) electrons. The van der Waals surface area contributed by atoms with E-state index in [1.54, 1.807) is 12.1 Å². The number of ether oxygens (including phenoxy) is 1. The second-order valence-electron chi connectivity index (χ2n) is 5.28. The summed E-state index contributed by atoms with van der Waals surface area (Å²) in [6, 6.07) is 11.5. The Balaban J connectivity index is 1.73. The van der Waals surface area contributed by atoms with E-state index in [-0.39, 0.29) is 5.76 Å². The fraction of sp³-hybridized carbons (Fsp3) is 0.235. The number of nitrogens with zero attached hydrogens (tertiary/aromatic N) is 3. The predicted octanol–water partition coefficient (Wildman–Crippen LogP) is 3.46. The molecule has 124 valence electrons. The number of thioether (sulfide) groups is 1. The van der Waals surface area contributed by atoms with Crippen molar-refractivity contribution in [3.05, 3.63) is 53.5 Å². The molecule has 0 amide bonds. The summed E-state index contributed by atoms with van der Waals surface area (Å²) in [5.74, 6) is 1.77. The van der Waals surface area contributed by atoms with E-state index in [4.69, 9.17) is 4.42 Å². The minimum Gasteiger partial charge on any atom is -0.463 e. The molecule has 0 aliphatic carbocycles. The van der Waals surface area contributed by atoms with E-state index < -0.39 is 5.97 Å². The van der Waals surface area contributed by atoms with Crippen molar-refractivity contribution in [1.29, 1.82) is 0 Å². The summed E-state index contributed by atoms with van der Waals surface area (Å²) in [4.78, 5) is 11.4. The minimum absolute atomic E-state index is 0.200. The maximum atomic E-state index is 11.4. The van der Waals surface area contributed by atoms with Gasteiger partial charge in [-0.2, -0.15) is 0 Å². The van der Waals surface area contributed by atoms with Crippen LogP contribution in [0.25, 0.3) is 11.4 Å². The molecule has 7 heteroatoms. The molecular formula is C17H17N3O3S. The third-order valence-corrected chi connectivity index (χ3v) is 4.55. The minimum atomic E-state index is -0.480. The SMILES string of the molecule is COC(=O)c1ccc(CSc2nnc(-c3cccc(C)c3)n2C)o1. The highest BCUT2D eigenvalue weighted by atomic mass is 32.2. The van der Waals surface area contributed by atoms with Gasteiger partial charge >= 0.3 is 5.97 Å². The van der Waals surface area contributed by atoms with Crippen molar-refractivity contribution in [1.82, 2.24) is 14.8 Å². The van der Waals surface area contributed by atoms with E-state index in [1.165, 1.54) is 24.4 Å². The van der Waals surface area contributed by atoms with Crippen LogP contribution in [0.4, 0.5) is 0 Å². The molecule has 0 saturated carbocycles. The van der Waals surface area contributed by atoms with Crippen LogP contribution in [0.5, 0.6) is 0 Å². The number of aromatic nitrogens is 3. The van der Waals surface area contributed by atoms with Crippen LogP contribution in [0, 0.1) is 6.92 Å². The van der Waals surface area contributed by atoms with E-state index in [9.17, 15) is 4.79 Å². The number of hydrogen-bond donors (Lipinski definition) is 0. The second-order valence-corrected chi connectivity index (χ2v) is 6.22. The molecule has 2 aromatic heterocycles. The molecule has 0 N–H and O–H groups in total. The fourth-order valence-electron chi connectivity index (χ4n) is 2.28. The number of methoxy groups -OCH3 is 1. The summed E-state index contributed by atoms with van der Waals surface area (Å²) >= 11 is 1.50. The Labute approximate surface area is 143 Å². The monoisotopic (exact) mass is 343 g/mol. The molecule has 0 aliphatic heterocycles. The first-order valence-electron chi connectivity index (χ1n) is 7.34. The van der Waals surface area contributed by atoms with Crippen molar-refractivity contribution >= 4 is 17.7 Å². The topological polar surface area (TPSA) is 70.2 Å². The van der Waals surface area contributed by atoms with Crippen molar-refractivity contribution in [3.63, 3.8) is 0 Å². The summed E-state index contributed by atoms with van der Waals surface area (Å²) < 4.78 is 12.0.